The lowest BCUT2D eigenvalue weighted by molar-refractivity contribution is -0.144. The molecule has 1 aliphatic heterocycles. The first kappa shape index (κ1) is 19.8. The molecule has 2 atom stereocenters. The van der Waals surface area contributed by atoms with Gasteiger partial charge < -0.3 is 9.47 Å². The van der Waals surface area contributed by atoms with Crippen molar-refractivity contribution in [1.29, 1.82) is 0 Å². The van der Waals surface area contributed by atoms with Crippen LogP contribution in [0, 0.1) is 5.82 Å². The number of sulfonamides is 1. The second-order valence-corrected chi connectivity index (χ2v) is 8.66. The summed E-state index contributed by atoms with van der Waals surface area (Å²) >= 11 is 3.23. The van der Waals surface area contributed by atoms with E-state index >= 15 is 0 Å². The van der Waals surface area contributed by atoms with E-state index in [1.165, 1.54) is 31.4 Å². The Morgan fingerprint density at radius 2 is 1.85 bits per heavy atom. The Labute approximate surface area is 165 Å². The van der Waals surface area contributed by atoms with Crippen LogP contribution in [-0.2, 0) is 19.6 Å². The van der Waals surface area contributed by atoms with E-state index in [1.54, 1.807) is 24.3 Å². The fraction of sp³-hybridized carbons (Fsp3) is 0.278. The predicted molar refractivity (Wildman–Crippen MR) is 99.3 cm³/mol. The van der Waals surface area contributed by atoms with Gasteiger partial charge in [0.2, 0.25) is 10.0 Å². The minimum absolute atomic E-state index is 0.00579. The van der Waals surface area contributed by atoms with E-state index in [0.29, 0.717) is 4.47 Å². The Hall–Kier alpha value is -1.97. The van der Waals surface area contributed by atoms with Gasteiger partial charge in [0.25, 0.3) is 0 Å². The van der Waals surface area contributed by atoms with Crippen LogP contribution < -0.4 is 4.74 Å². The van der Waals surface area contributed by atoms with Crippen LogP contribution in [0.1, 0.15) is 6.42 Å². The van der Waals surface area contributed by atoms with Crippen molar-refractivity contribution >= 4 is 31.9 Å². The Morgan fingerprint density at radius 3 is 2.52 bits per heavy atom. The fourth-order valence-electron chi connectivity index (χ4n) is 2.97. The van der Waals surface area contributed by atoms with Crippen LogP contribution in [-0.4, -0.2) is 44.5 Å². The maximum atomic E-state index is 13.9. The largest absolute Gasteiger partial charge is 0.486 e. The maximum Gasteiger partial charge on any atom is 0.324 e. The zero-order valence-corrected chi connectivity index (χ0v) is 16.7. The summed E-state index contributed by atoms with van der Waals surface area (Å²) in [6.45, 7) is -0.0994. The van der Waals surface area contributed by atoms with Crippen molar-refractivity contribution in [3.8, 4) is 5.75 Å². The highest BCUT2D eigenvalue weighted by Gasteiger charge is 2.46. The molecule has 2 aromatic rings. The molecule has 3 rings (SSSR count). The van der Waals surface area contributed by atoms with Crippen molar-refractivity contribution in [1.82, 2.24) is 4.31 Å². The highest BCUT2D eigenvalue weighted by molar-refractivity contribution is 9.10. The van der Waals surface area contributed by atoms with Gasteiger partial charge in [-0.3, -0.25) is 4.79 Å². The average molecular weight is 458 g/mol. The molecular weight excluding hydrogens is 441 g/mol. The normalized spacial score (nSPS) is 20.4. The first-order chi connectivity index (χ1) is 12.8. The second kappa shape index (κ2) is 7.95. The van der Waals surface area contributed by atoms with Crippen LogP contribution in [0.2, 0.25) is 0 Å². The van der Waals surface area contributed by atoms with Crippen molar-refractivity contribution < 1.29 is 27.1 Å². The summed E-state index contributed by atoms with van der Waals surface area (Å²) in [5.41, 5.74) is 0. The lowest BCUT2D eigenvalue weighted by Crippen LogP contribution is -2.41. The van der Waals surface area contributed by atoms with Gasteiger partial charge >= 0.3 is 5.97 Å². The molecule has 144 valence electrons. The van der Waals surface area contributed by atoms with E-state index in [2.05, 4.69) is 15.9 Å². The fourth-order valence-corrected chi connectivity index (χ4v) is 5.56. The first-order valence-electron chi connectivity index (χ1n) is 8.10. The van der Waals surface area contributed by atoms with Gasteiger partial charge in [-0.2, -0.15) is 4.31 Å². The Kier molecular flexibility index (Phi) is 5.83. The van der Waals surface area contributed by atoms with Crippen molar-refractivity contribution in [2.75, 3.05) is 13.7 Å². The van der Waals surface area contributed by atoms with Crippen LogP contribution >= 0.6 is 15.9 Å². The lowest BCUT2D eigenvalue weighted by atomic mass is 10.2. The number of rotatable bonds is 5. The van der Waals surface area contributed by atoms with Crippen LogP contribution in [0.25, 0.3) is 0 Å². The number of carbonyl (C=O) groups is 1. The first-order valence-corrected chi connectivity index (χ1v) is 10.3. The molecular formula is C18H17BrFNO5S. The molecule has 2 aromatic carbocycles. The number of hydrogen-bond acceptors (Lipinski definition) is 5. The molecule has 9 heteroatoms. The zero-order valence-electron chi connectivity index (χ0n) is 14.3. The van der Waals surface area contributed by atoms with Crippen molar-refractivity contribution in [3.05, 3.63) is 58.8 Å². The van der Waals surface area contributed by atoms with E-state index < -0.39 is 34.0 Å². The summed E-state index contributed by atoms with van der Waals surface area (Å²) in [5, 5.41) is 0. The summed E-state index contributed by atoms with van der Waals surface area (Å²) in [6.07, 6.45) is -0.631. The minimum Gasteiger partial charge on any atom is -0.486 e. The predicted octanol–water partition coefficient (Wildman–Crippen LogP) is 2.97. The van der Waals surface area contributed by atoms with Gasteiger partial charge in [-0.05, 0) is 40.2 Å². The molecule has 0 aliphatic carbocycles. The lowest BCUT2D eigenvalue weighted by Gasteiger charge is -2.22. The molecule has 0 aromatic heterocycles. The number of ether oxygens (including phenoxy) is 2. The minimum atomic E-state index is -4.00. The third-order valence-electron chi connectivity index (χ3n) is 4.24. The van der Waals surface area contributed by atoms with Gasteiger partial charge in [-0.25, -0.2) is 12.8 Å². The van der Waals surface area contributed by atoms with Crippen molar-refractivity contribution in [2.45, 2.75) is 23.5 Å². The van der Waals surface area contributed by atoms with E-state index in [4.69, 9.17) is 9.47 Å². The third kappa shape index (κ3) is 3.99. The molecule has 1 fully saturated rings. The van der Waals surface area contributed by atoms with Crippen molar-refractivity contribution in [3.63, 3.8) is 0 Å². The molecule has 0 spiro atoms. The van der Waals surface area contributed by atoms with Gasteiger partial charge in [0.1, 0.15) is 12.1 Å². The highest BCUT2D eigenvalue weighted by atomic mass is 79.9. The zero-order chi connectivity index (χ0) is 19.6. The number of nitrogens with zero attached hydrogens (tertiary/aromatic N) is 1. The maximum absolute atomic E-state index is 13.9. The van der Waals surface area contributed by atoms with Gasteiger partial charge in [0.15, 0.2) is 11.6 Å². The van der Waals surface area contributed by atoms with Crippen LogP contribution in [0.15, 0.2) is 57.9 Å². The number of carbonyl (C=O) groups excluding carboxylic acids is 1. The number of esters is 1. The molecule has 1 saturated heterocycles. The number of halogens is 2. The smallest absolute Gasteiger partial charge is 0.324 e. The topological polar surface area (TPSA) is 72.9 Å². The summed E-state index contributed by atoms with van der Waals surface area (Å²) < 4.78 is 51.9. The molecule has 1 aliphatic rings. The molecule has 0 N–H and O–H groups in total. The molecule has 1 heterocycles. The molecule has 27 heavy (non-hydrogen) atoms. The molecule has 6 nitrogen and oxygen atoms in total. The van der Waals surface area contributed by atoms with Crippen LogP contribution in [0.4, 0.5) is 4.39 Å². The van der Waals surface area contributed by atoms with Gasteiger partial charge in [0.05, 0.1) is 18.6 Å². The number of para-hydroxylation sites is 1. The monoisotopic (exact) mass is 457 g/mol. The van der Waals surface area contributed by atoms with Gasteiger partial charge in [-0.15, -0.1) is 0 Å². The molecule has 0 bridgehead atoms. The van der Waals surface area contributed by atoms with Gasteiger partial charge in [-0.1, -0.05) is 24.3 Å². The number of methoxy groups -OCH3 is 1. The molecule has 0 radical (unpaired) electrons. The second-order valence-electron chi connectivity index (χ2n) is 5.95. The van der Waals surface area contributed by atoms with Crippen molar-refractivity contribution in [2.24, 2.45) is 0 Å². The third-order valence-corrected chi connectivity index (χ3v) is 7.13. The van der Waals surface area contributed by atoms with E-state index in [1.807, 2.05) is 0 Å². The van der Waals surface area contributed by atoms with Crippen LogP contribution in [0.3, 0.4) is 0 Å². The quantitative estimate of drug-likeness (QED) is 0.645. The number of benzene rings is 2. The Bertz CT molecular complexity index is 952. The Balaban J connectivity index is 1.92. The SMILES string of the molecule is COC(=O)C1CC(Oc2ccccc2F)CN1S(=O)(=O)c1ccccc1Br. The Morgan fingerprint density at radius 1 is 1.19 bits per heavy atom. The molecule has 0 saturated carbocycles. The van der Waals surface area contributed by atoms with Gasteiger partial charge in [0, 0.05) is 10.9 Å². The summed E-state index contributed by atoms with van der Waals surface area (Å²) in [4.78, 5) is 12.2. The molecule has 0 amide bonds. The average Bonchev–Trinajstić information content (AvgIpc) is 3.08. The highest BCUT2D eigenvalue weighted by Crippen LogP contribution is 2.32. The summed E-state index contributed by atoms with van der Waals surface area (Å²) in [6, 6.07) is 11.1. The van der Waals surface area contributed by atoms with E-state index in [0.717, 1.165) is 4.31 Å². The number of hydrogen-bond donors (Lipinski definition) is 0. The van der Waals surface area contributed by atoms with E-state index in [9.17, 15) is 17.6 Å². The standard InChI is InChI=1S/C18H17BrFNO5S/c1-25-18(22)15-10-12(26-16-8-4-3-7-14(16)20)11-21(15)27(23,24)17-9-5-2-6-13(17)19/h2-9,12,15H,10-11H2,1H3. The van der Waals surface area contributed by atoms with Crippen LogP contribution in [0.5, 0.6) is 5.75 Å². The van der Waals surface area contributed by atoms with E-state index in [-0.39, 0.29) is 23.6 Å². The summed E-state index contributed by atoms with van der Waals surface area (Å²) in [7, 11) is -2.81. The summed E-state index contributed by atoms with van der Waals surface area (Å²) in [5.74, 6) is -1.24. The molecule has 2 unspecified atom stereocenters.